The first-order valence-electron chi connectivity index (χ1n) is 11.8. The highest BCUT2D eigenvalue weighted by atomic mass is 19.1. The van der Waals surface area contributed by atoms with Gasteiger partial charge in [-0.15, -0.1) is 0 Å². The lowest BCUT2D eigenvalue weighted by molar-refractivity contribution is -0.126. The molecule has 1 amide bonds. The van der Waals surface area contributed by atoms with Crippen LogP contribution in [-0.4, -0.2) is 61.6 Å². The zero-order chi connectivity index (χ0) is 24.3. The van der Waals surface area contributed by atoms with Crippen molar-refractivity contribution in [2.24, 2.45) is 5.92 Å². The van der Waals surface area contributed by atoms with Gasteiger partial charge in [0.1, 0.15) is 17.8 Å². The predicted octanol–water partition coefficient (Wildman–Crippen LogP) is 2.58. The molecule has 1 fully saturated rings. The maximum Gasteiger partial charge on any atom is 0.249 e. The number of allylic oxidation sites excluding steroid dienone is 1. The van der Waals surface area contributed by atoms with Gasteiger partial charge in [0.25, 0.3) is 0 Å². The van der Waals surface area contributed by atoms with Crippen molar-refractivity contribution in [2.75, 3.05) is 18.8 Å². The number of likely N-dealkylation sites (tertiary alicyclic amines) is 1. The smallest absolute Gasteiger partial charge is 0.249 e. The van der Waals surface area contributed by atoms with Crippen molar-refractivity contribution >= 4 is 28.5 Å². The first kappa shape index (κ1) is 21.6. The number of nitrogens with one attached hydrogen (secondary N) is 2. The number of aryl methyl sites for hydroxylation is 1. The summed E-state index contributed by atoms with van der Waals surface area (Å²) >= 11 is 0. The average Bonchev–Trinajstić information content (AvgIpc) is 3.62. The van der Waals surface area contributed by atoms with Gasteiger partial charge in [0.15, 0.2) is 0 Å². The zero-order valence-electron chi connectivity index (χ0n) is 19.3. The summed E-state index contributed by atoms with van der Waals surface area (Å²) in [5.74, 6) is 0.763. The number of benzene rings is 1. The Hall–Kier alpha value is -3.95. The number of amides is 1. The molecule has 2 unspecified atom stereocenters. The molecule has 3 aromatic rings. The Bertz CT molecular complexity index is 1420. The Balaban J connectivity index is 1.20. The topological polar surface area (TPSA) is 122 Å². The van der Waals surface area contributed by atoms with E-state index in [9.17, 15) is 14.0 Å². The van der Waals surface area contributed by atoms with Crippen molar-refractivity contribution in [2.45, 2.75) is 38.4 Å². The normalized spacial score (nSPS) is 23.7. The third-order valence-corrected chi connectivity index (χ3v) is 7.13. The molecule has 0 spiro atoms. The molecule has 6 rings (SSSR count). The van der Waals surface area contributed by atoms with Crippen LogP contribution in [0.3, 0.4) is 0 Å². The van der Waals surface area contributed by atoms with E-state index in [-0.39, 0.29) is 36.0 Å². The van der Waals surface area contributed by atoms with Gasteiger partial charge in [0, 0.05) is 24.1 Å². The van der Waals surface area contributed by atoms with Crippen molar-refractivity contribution in [3.05, 3.63) is 59.2 Å². The Morgan fingerprint density at radius 2 is 2.14 bits per heavy atom. The van der Waals surface area contributed by atoms with Crippen LogP contribution in [0.25, 0.3) is 16.7 Å². The summed E-state index contributed by atoms with van der Waals surface area (Å²) in [6.45, 7) is 2.51. The number of ketones is 1. The molecule has 4 heterocycles. The fourth-order valence-electron chi connectivity index (χ4n) is 5.28. The van der Waals surface area contributed by atoms with Crippen LogP contribution < -0.4 is 11.1 Å². The van der Waals surface area contributed by atoms with Crippen LogP contribution in [0.4, 0.5) is 10.2 Å². The summed E-state index contributed by atoms with van der Waals surface area (Å²) in [7, 11) is 0. The van der Waals surface area contributed by atoms with E-state index in [1.807, 2.05) is 37.3 Å². The van der Waals surface area contributed by atoms with Crippen LogP contribution in [0.5, 0.6) is 0 Å². The SMILES string of the molecule is Cc1nc2cc(-n3ncc(C(=O)C4=CC5CC(C(=O)N6CC[C@H](F)C6)=CCC5N4)c3N)ccc2[nH]1. The van der Waals surface area contributed by atoms with Crippen LogP contribution in [0.1, 0.15) is 35.4 Å². The molecule has 4 N–H and O–H groups in total. The van der Waals surface area contributed by atoms with Gasteiger partial charge >= 0.3 is 0 Å². The minimum atomic E-state index is -0.940. The second kappa shape index (κ2) is 8.07. The molecular weight excluding hydrogens is 449 g/mol. The van der Waals surface area contributed by atoms with Crippen molar-refractivity contribution in [1.29, 1.82) is 0 Å². The number of H-pyrrole nitrogens is 1. The molecule has 0 bridgehead atoms. The van der Waals surface area contributed by atoms with Gasteiger partial charge in [-0.2, -0.15) is 5.10 Å². The minimum Gasteiger partial charge on any atom is -0.383 e. The molecule has 3 aliphatic rings. The highest BCUT2D eigenvalue weighted by Crippen LogP contribution is 2.34. The van der Waals surface area contributed by atoms with Crippen LogP contribution in [0, 0.1) is 12.8 Å². The van der Waals surface area contributed by atoms with Crippen molar-refractivity contribution < 1.29 is 14.0 Å². The van der Waals surface area contributed by atoms with Crippen LogP contribution >= 0.6 is 0 Å². The molecule has 180 valence electrons. The lowest BCUT2D eigenvalue weighted by atomic mass is 9.85. The molecule has 10 heteroatoms. The van der Waals surface area contributed by atoms with Crippen LogP contribution in [0.15, 0.2) is 47.8 Å². The quantitative estimate of drug-likeness (QED) is 0.499. The Morgan fingerprint density at radius 3 is 2.94 bits per heavy atom. The molecule has 0 saturated carbocycles. The van der Waals surface area contributed by atoms with E-state index >= 15 is 0 Å². The average molecular weight is 476 g/mol. The number of nitrogens with two attached hydrogens (primary N) is 1. The summed E-state index contributed by atoms with van der Waals surface area (Å²) in [5.41, 5.74) is 10.3. The van der Waals surface area contributed by atoms with E-state index in [1.54, 1.807) is 4.90 Å². The molecule has 1 aliphatic carbocycles. The molecule has 3 atom stereocenters. The molecule has 35 heavy (non-hydrogen) atoms. The van der Waals surface area contributed by atoms with E-state index in [4.69, 9.17) is 5.73 Å². The fourth-order valence-corrected chi connectivity index (χ4v) is 5.28. The van der Waals surface area contributed by atoms with Gasteiger partial charge in [-0.25, -0.2) is 14.1 Å². The van der Waals surface area contributed by atoms with Crippen LogP contribution in [-0.2, 0) is 4.79 Å². The first-order valence-corrected chi connectivity index (χ1v) is 11.8. The van der Waals surface area contributed by atoms with E-state index in [0.29, 0.717) is 48.3 Å². The number of nitrogens with zero attached hydrogens (tertiary/aromatic N) is 4. The number of carbonyl (C=O) groups excluding carboxylic acids is 2. The highest BCUT2D eigenvalue weighted by Gasteiger charge is 2.37. The number of hydrogen-bond acceptors (Lipinski definition) is 6. The van der Waals surface area contributed by atoms with E-state index in [0.717, 1.165) is 16.9 Å². The molecule has 0 radical (unpaired) electrons. The van der Waals surface area contributed by atoms with Gasteiger partial charge in [-0.1, -0.05) is 12.2 Å². The van der Waals surface area contributed by atoms with Crippen LogP contribution in [0.2, 0.25) is 0 Å². The van der Waals surface area contributed by atoms with Gasteiger partial charge in [0.05, 0.1) is 40.7 Å². The summed E-state index contributed by atoms with van der Waals surface area (Å²) in [4.78, 5) is 35.3. The maximum atomic E-state index is 13.5. The summed E-state index contributed by atoms with van der Waals surface area (Å²) in [6.07, 6.45) is 5.91. The minimum absolute atomic E-state index is 0.0169. The second-order valence-electron chi connectivity index (χ2n) is 9.51. The van der Waals surface area contributed by atoms with Crippen molar-refractivity contribution in [3.8, 4) is 5.69 Å². The van der Waals surface area contributed by atoms with Crippen molar-refractivity contribution in [3.63, 3.8) is 0 Å². The molecule has 1 aromatic carbocycles. The summed E-state index contributed by atoms with van der Waals surface area (Å²) in [6, 6.07) is 5.68. The van der Waals surface area contributed by atoms with Gasteiger partial charge in [0.2, 0.25) is 11.7 Å². The molecule has 9 nitrogen and oxygen atoms in total. The summed E-state index contributed by atoms with van der Waals surface area (Å²) in [5, 5.41) is 7.66. The molecule has 1 saturated heterocycles. The van der Waals surface area contributed by atoms with E-state index < -0.39 is 6.17 Å². The predicted molar refractivity (Wildman–Crippen MR) is 129 cm³/mol. The van der Waals surface area contributed by atoms with Gasteiger partial charge in [-0.3, -0.25) is 9.59 Å². The number of Topliss-reactive ketones (excluding diaryl/α,β-unsaturated/α-hetero) is 1. The van der Waals surface area contributed by atoms with E-state index in [1.165, 1.54) is 10.9 Å². The Labute approximate surface area is 200 Å². The number of rotatable bonds is 4. The summed E-state index contributed by atoms with van der Waals surface area (Å²) < 4.78 is 15.1. The zero-order valence-corrected chi connectivity index (χ0v) is 19.3. The van der Waals surface area contributed by atoms with Crippen molar-refractivity contribution in [1.82, 2.24) is 30.0 Å². The number of fused-ring (bicyclic) bond motifs is 2. The third kappa shape index (κ3) is 3.69. The monoisotopic (exact) mass is 475 g/mol. The van der Waals surface area contributed by atoms with Gasteiger partial charge in [-0.05, 0) is 44.4 Å². The fraction of sp³-hybridized carbons (Fsp3) is 0.360. The van der Waals surface area contributed by atoms with E-state index in [2.05, 4.69) is 20.4 Å². The standard InChI is InChI=1S/C25H26FN7O2/c1-13-29-20-5-3-17(10-21(20)30-13)33-24(27)18(11-28-33)23(34)22-9-15-8-14(2-4-19(15)31-22)25(35)32-7-6-16(26)12-32/h2-3,5,9-11,15-16,19,31H,4,6-8,12,27H2,1H3,(H,29,30)/t15?,16-,19?/m0/s1. The number of nitrogen functional groups attached to an aromatic ring is 1. The first-order chi connectivity index (χ1) is 16.9. The number of imidazole rings is 1. The maximum absolute atomic E-state index is 13.5. The van der Waals surface area contributed by atoms with Gasteiger partial charge < -0.3 is 20.9 Å². The number of anilines is 1. The number of hydrogen-bond donors (Lipinski definition) is 3. The molecule has 2 aliphatic heterocycles. The number of halogens is 1. The lowest BCUT2D eigenvalue weighted by Gasteiger charge is -2.27. The third-order valence-electron chi connectivity index (χ3n) is 7.13. The number of carbonyl (C=O) groups is 2. The molecule has 2 aromatic heterocycles. The second-order valence-corrected chi connectivity index (χ2v) is 9.51. The lowest BCUT2D eigenvalue weighted by Crippen LogP contribution is -2.36. The number of alkyl halides is 1. The Morgan fingerprint density at radius 1 is 1.29 bits per heavy atom. The molecular formula is C25H26FN7O2. The highest BCUT2D eigenvalue weighted by molar-refractivity contribution is 6.11. The largest absolute Gasteiger partial charge is 0.383 e. The number of aromatic amines is 1. The Kier molecular flexibility index (Phi) is 4.98. The number of aromatic nitrogens is 4.